The van der Waals surface area contributed by atoms with Gasteiger partial charge in [0.25, 0.3) is 0 Å². The predicted molar refractivity (Wildman–Crippen MR) is 140 cm³/mol. The molecule has 5 saturated carbocycles. The molecule has 194 valence electrons. The molecule has 5 aliphatic carbocycles. The fourth-order valence-corrected chi connectivity index (χ4v) is 10.3. The zero-order valence-electron chi connectivity index (χ0n) is 21.3. The average molecular weight is 624 g/mol. The van der Waals surface area contributed by atoms with E-state index in [-0.39, 0.29) is 6.10 Å². The number of halogens is 4. The zero-order chi connectivity index (χ0) is 24.4. The van der Waals surface area contributed by atoms with E-state index in [1.165, 1.54) is 64.2 Å². The van der Waals surface area contributed by atoms with Crippen LogP contribution in [-0.4, -0.2) is 11.2 Å². The molecule has 5 aliphatic rings. The van der Waals surface area contributed by atoms with Crippen LogP contribution in [0.5, 0.6) is 0 Å². The third-order valence-corrected chi connectivity index (χ3v) is 11.8. The number of hydrogen-bond acceptors (Lipinski definition) is 1. The van der Waals surface area contributed by atoms with Crippen LogP contribution < -0.4 is 0 Å². The zero-order valence-corrected chi connectivity index (χ0v) is 26.3. The van der Waals surface area contributed by atoms with Gasteiger partial charge in [0.05, 0.1) is 6.10 Å². The fourth-order valence-electron chi connectivity index (χ4n) is 10.3. The first-order valence-corrected chi connectivity index (χ1v) is 23.9. The Morgan fingerprint density at radius 3 is 2.18 bits per heavy atom. The third kappa shape index (κ3) is 4.99. The predicted octanol–water partition coefficient (Wildman–Crippen LogP) is 9.83. The van der Waals surface area contributed by atoms with Crippen molar-refractivity contribution in [1.82, 2.24) is 0 Å². The van der Waals surface area contributed by atoms with Gasteiger partial charge in [0, 0.05) is 5.41 Å². The van der Waals surface area contributed by atoms with E-state index in [9.17, 15) is 5.11 Å². The van der Waals surface area contributed by atoms with Crippen molar-refractivity contribution in [2.45, 2.75) is 111 Å². The van der Waals surface area contributed by atoms with Gasteiger partial charge in [-0.25, -0.2) is 0 Å². The van der Waals surface area contributed by atoms with Crippen molar-refractivity contribution in [3.05, 3.63) is 0 Å². The Morgan fingerprint density at radius 2 is 1.58 bits per heavy atom. The Balaban J connectivity index is 0.000000471. The van der Waals surface area contributed by atoms with Crippen molar-refractivity contribution in [3.63, 3.8) is 0 Å². The van der Waals surface area contributed by atoms with E-state index in [4.69, 9.17) is 37.7 Å². The number of hydrogen-bond donors (Lipinski definition) is 1. The van der Waals surface area contributed by atoms with Gasteiger partial charge in [-0.2, -0.15) is 0 Å². The van der Waals surface area contributed by atoms with E-state index in [1.807, 2.05) is 0 Å². The fraction of sp³-hybridized carbons (Fsp3) is 1.00. The summed E-state index contributed by atoms with van der Waals surface area (Å²) in [7, 11) is 20.1. The first kappa shape index (κ1) is 27.8. The molecule has 6 heteroatoms. The Hall–Kier alpha value is 1.81. The molecule has 5 fully saturated rings. The van der Waals surface area contributed by atoms with Crippen LogP contribution in [0.3, 0.4) is 0 Å². The number of fused-ring (bicyclic) bond motifs is 4. The summed E-state index contributed by atoms with van der Waals surface area (Å²) in [6, 6.07) is 0. The summed E-state index contributed by atoms with van der Waals surface area (Å²) in [5.74, 6) is 6.17. The molecular formula is C27H46Cl4MoO. The minimum absolute atomic E-state index is 0.0103. The second-order valence-corrected chi connectivity index (χ2v) is 31.7. The van der Waals surface area contributed by atoms with Gasteiger partial charge >= 0.3 is 49.6 Å². The first-order valence-electron chi connectivity index (χ1n) is 13.5. The van der Waals surface area contributed by atoms with Crippen molar-refractivity contribution < 1.29 is 17.0 Å². The van der Waals surface area contributed by atoms with E-state index in [1.54, 1.807) is 0 Å². The SMILES string of the molecule is CC(C)CCC[C@@H](C)[C@H]1CC[C@H]2[C@@H]3C[C@@H](O)[C@]45C[C@H]4CC[C@]5(C)[C@H]3CC[C@]12C.[Cl][Mo]([Cl])([Cl])[Cl]. The molecule has 1 spiro atoms. The summed E-state index contributed by atoms with van der Waals surface area (Å²) in [6.45, 7) is 12.6. The van der Waals surface area contributed by atoms with Crippen LogP contribution in [-0.2, 0) is 11.9 Å². The summed E-state index contributed by atoms with van der Waals surface area (Å²) >= 11 is -3.13. The molecule has 1 nitrogen and oxygen atoms in total. The molecule has 0 bridgehead atoms. The number of aliphatic hydroxyl groups is 1. The van der Waals surface area contributed by atoms with Gasteiger partial charge < -0.3 is 5.11 Å². The molecule has 0 heterocycles. The quantitative estimate of drug-likeness (QED) is 0.302. The molecule has 0 aromatic rings. The second kappa shape index (κ2) is 9.84. The summed E-state index contributed by atoms with van der Waals surface area (Å²) in [5.41, 5.74) is 1.37. The number of aliphatic hydroxyl groups excluding tert-OH is 1. The molecule has 10 atom stereocenters. The van der Waals surface area contributed by atoms with Crippen LogP contribution in [0, 0.1) is 57.7 Å². The van der Waals surface area contributed by atoms with Gasteiger partial charge in [0.15, 0.2) is 0 Å². The molecule has 5 rings (SSSR count). The van der Waals surface area contributed by atoms with Crippen LogP contribution in [0.25, 0.3) is 0 Å². The summed E-state index contributed by atoms with van der Waals surface area (Å²) in [5, 5.41) is 11.3. The molecule has 0 saturated heterocycles. The maximum atomic E-state index is 11.3. The van der Waals surface area contributed by atoms with Crippen LogP contribution in [0.4, 0.5) is 0 Å². The van der Waals surface area contributed by atoms with E-state index < -0.39 is 11.9 Å². The van der Waals surface area contributed by atoms with Crippen LogP contribution in [0.15, 0.2) is 0 Å². The normalized spacial score (nSPS) is 49.3. The Morgan fingerprint density at radius 1 is 0.909 bits per heavy atom. The molecule has 0 amide bonds. The van der Waals surface area contributed by atoms with Gasteiger partial charge in [-0.15, -0.1) is 0 Å². The van der Waals surface area contributed by atoms with Gasteiger partial charge in [-0.3, -0.25) is 0 Å². The molecule has 0 aliphatic heterocycles. The van der Waals surface area contributed by atoms with E-state index in [0.29, 0.717) is 16.2 Å². The van der Waals surface area contributed by atoms with Crippen molar-refractivity contribution in [1.29, 1.82) is 0 Å². The van der Waals surface area contributed by atoms with Crippen LogP contribution in [0.1, 0.15) is 105 Å². The molecule has 0 unspecified atom stereocenters. The van der Waals surface area contributed by atoms with E-state index in [0.717, 1.165) is 47.8 Å². The third-order valence-electron chi connectivity index (χ3n) is 11.8. The minimum atomic E-state index is -3.13. The van der Waals surface area contributed by atoms with Crippen molar-refractivity contribution >= 4 is 37.7 Å². The summed E-state index contributed by atoms with van der Waals surface area (Å²) < 4.78 is 0. The van der Waals surface area contributed by atoms with Crippen LogP contribution in [0.2, 0.25) is 0 Å². The molecule has 1 N–H and O–H groups in total. The van der Waals surface area contributed by atoms with Crippen molar-refractivity contribution in [2.24, 2.45) is 57.7 Å². The second-order valence-electron chi connectivity index (χ2n) is 13.4. The molecule has 0 aromatic carbocycles. The van der Waals surface area contributed by atoms with Gasteiger partial charge in [0.2, 0.25) is 0 Å². The molecule has 0 radical (unpaired) electrons. The monoisotopic (exact) mass is 624 g/mol. The molecule has 0 aromatic heterocycles. The van der Waals surface area contributed by atoms with E-state index >= 15 is 0 Å². The number of rotatable bonds is 5. The van der Waals surface area contributed by atoms with Gasteiger partial charge in [-0.05, 0) is 104 Å². The van der Waals surface area contributed by atoms with Crippen LogP contribution >= 0.6 is 37.7 Å². The Bertz CT molecular complexity index is 707. The standard InChI is InChI=1S/C27H46O.4ClH.Mo/c1-17(2)7-6-8-18(3)21-9-10-22-20-15-24(28)27-16-19(27)11-14-26(27,5)23(20)12-13-25(21,22)4;;;;;/h17-24,28H,6-16H2,1-5H3;4*1H;/q;;;;;+4/p-4/t18-,19-,20+,21-,22+,23+,24-,25-,26-,27+;;;;;/m1...../s1. The van der Waals surface area contributed by atoms with Crippen molar-refractivity contribution in [3.8, 4) is 0 Å². The molecular weight excluding hydrogens is 578 g/mol. The topological polar surface area (TPSA) is 20.2 Å². The first-order chi connectivity index (χ1) is 15.2. The summed E-state index contributed by atoms with van der Waals surface area (Å²) in [4.78, 5) is 0. The Kier molecular flexibility index (Phi) is 8.30. The Labute approximate surface area is 222 Å². The van der Waals surface area contributed by atoms with Gasteiger partial charge in [-0.1, -0.05) is 53.9 Å². The summed E-state index contributed by atoms with van der Waals surface area (Å²) in [6.07, 6.45) is 15.4. The van der Waals surface area contributed by atoms with E-state index in [2.05, 4.69) is 34.6 Å². The maximum absolute atomic E-state index is 11.3. The molecule has 33 heavy (non-hydrogen) atoms. The average Bonchev–Trinajstić information content (AvgIpc) is 3.20. The van der Waals surface area contributed by atoms with Gasteiger partial charge in [0.1, 0.15) is 0 Å². The van der Waals surface area contributed by atoms with Crippen molar-refractivity contribution in [2.75, 3.05) is 0 Å².